The van der Waals surface area contributed by atoms with Gasteiger partial charge in [-0.15, -0.1) is 0 Å². The summed E-state index contributed by atoms with van der Waals surface area (Å²) < 4.78 is 17.4. The van der Waals surface area contributed by atoms with E-state index in [-0.39, 0.29) is 5.82 Å². The average molecular weight is 193 g/mol. The van der Waals surface area contributed by atoms with Crippen molar-refractivity contribution in [2.24, 2.45) is 0 Å². The average Bonchev–Trinajstić information content (AvgIpc) is 2.04. The van der Waals surface area contributed by atoms with Crippen molar-refractivity contribution in [1.82, 2.24) is 0 Å². The second kappa shape index (κ2) is 3.83. The van der Waals surface area contributed by atoms with Gasteiger partial charge in [0.05, 0.1) is 12.0 Å². The summed E-state index contributed by atoms with van der Waals surface area (Å²) in [7, 11) is 7.96. The number of ether oxygens (including phenoxy) is 1. The Morgan fingerprint density at radius 1 is 1.55 bits per heavy atom. The summed E-state index contributed by atoms with van der Waals surface area (Å²) >= 11 is 0. The normalized spacial score (nSPS) is 9.73. The molecule has 1 rings (SSSR count). The van der Waals surface area contributed by atoms with Crippen LogP contribution in [0.1, 0.15) is 0 Å². The number of halogens is 2. The molecular formula is C7H6ClFOS. The van der Waals surface area contributed by atoms with Gasteiger partial charge in [-0.05, 0) is 33.8 Å². The molecule has 0 aliphatic rings. The zero-order valence-electron chi connectivity index (χ0n) is 5.80. The van der Waals surface area contributed by atoms with Gasteiger partial charge in [0.1, 0.15) is 11.6 Å². The summed E-state index contributed by atoms with van der Waals surface area (Å²) in [6.45, 7) is 0. The van der Waals surface area contributed by atoms with Gasteiger partial charge in [-0.25, -0.2) is 4.39 Å². The highest BCUT2D eigenvalue weighted by Crippen LogP contribution is 2.31. The number of rotatable bonds is 2. The Balaban J connectivity index is 3.06. The standard InChI is InChI=1S/C7H6ClFOS/c1-10-6-4-5(9)2-3-7(6)11-8/h2-4H,1H3. The van der Waals surface area contributed by atoms with E-state index in [2.05, 4.69) is 0 Å². The van der Waals surface area contributed by atoms with Crippen LogP contribution < -0.4 is 4.74 Å². The second-order valence-corrected chi connectivity index (χ2v) is 2.93. The van der Waals surface area contributed by atoms with Gasteiger partial charge in [-0.1, -0.05) is 0 Å². The van der Waals surface area contributed by atoms with Crippen molar-refractivity contribution in [3.8, 4) is 5.75 Å². The molecule has 0 atom stereocenters. The lowest BCUT2D eigenvalue weighted by Crippen LogP contribution is -1.85. The highest BCUT2D eigenvalue weighted by Gasteiger charge is 2.02. The molecule has 0 N–H and O–H groups in total. The van der Waals surface area contributed by atoms with Crippen molar-refractivity contribution >= 4 is 21.7 Å². The molecule has 0 radical (unpaired) electrons. The van der Waals surface area contributed by atoms with Crippen LogP contribution >= 0.6 is 21.7 Å². The van der Waals surface area contributed by atoms with Crippen LogP contribution in [0.2, 0.25) is 0 Å². The first-order valence-electron chi connectivity index (χ1n) is 2.90. The summed E-state index contributed by atoms with van der Waals surface area (Å²) in [5.74, 6) is 0.140. The molecule has 1 nitrogen and oxygen atoms in total. The van der Waals surface area contributed by atoms with Crippen molar-refractivity contribution in [2.45, 2.75) is 4.90 Å². The first kappa shape index (κ1) is 8.68. The Labute approximate surface area is 73.0 Å². The third-order valence-corrected chi connectivity index (χ3v) is 2.21. The largest absolute Gasteiger partial charge is 0.495 e. The second-order valence-electron chi connectivity index (χ2n) is 1.87. The molecule has 0 unspecified atom stereocenters. The third-order valence-electron chi connectivity index (χ3n) is 1.21. The molecule has 0 bridgehead atoms. The van der Waals surface area contributed by atoms with Crippen LogP contribution in [0.3, 0.4) is 0 Å². The molecule has 1 aromatic carbocycles. The topological polar surface area (TPSA) is 9.23 Å². The number of hydrogen-bond donors (Lipinski definition) is 0. The molecule has 60 valence electrons. The molecule has 0 fully saturated rings. The molecule has 11 heavy (non-hydrogen) atoms. The van der Waals surface area contributed by atoms with Crippen LogP contribution in [0.5, 0.6) is 5.75 Å². The van der Waals surface area contributed by atoms with Gasteiger partial charge < -0.3 is 4.74 Å². The van der Waals surface area contributed by atoms with Gasteiger partial charge in [-0.2, -0.15) is 0 Å². The molecule has 0 amide bonds. The molecule has 0 aliphatic carbocycles. The predicted octanol–water partition coefficient (Wildman–Crippen LogP) is 3.08. The smallest absolute Gasteiger partial charge is 0.136 e. The predicted molar refractivity (Wildman–Crippen MR) is 44.7 cm³/mol. The first-order valence-corrected chi connectivity index (χ1v) is 4.54. The lowest BCUT2D eigenvalue weighted by atomic mass is 10.3. The molecule has 1 aromatic rings. The van der Waals surface area contributed by atoms with Gasteiger partial charge in [0.2, 0.25) is 0 Å². The van der Waals surface area contributed by atoms with Crippen molar-refractivity contribution < 1.29 is 9.13 Å². The zero-order chi connectivity index (χ0) is 8.27. The number of methoxy groups -OCH3 is 1. The number of benzene rings is 1. The van der Waals surface area contributed by atoms with Crippen LogP contribution in [-0.4, -0.2) is 7.11 Å². The first-order chi connectivity index (χ1) is 5.27. The van der Waals surface area contributed by atoms with Gasteiger partial charge in [0.25, 0.3) is 0 Å². The molecule has 0 spiro atoms. The van der Waals surface area contributed by atoms with E-state index in [0.29, 0.717) is 5.75 Å². The van der Waals surface area contributed by atoms with E-state index in [1.165, 1.54) is 19.2 Å². The van der Waals surface area contributed by atoms with Crippen LogP contribution in [-0.2, 0) is 0 Å². The maximum Gasteiger partial charge on any atom is 0.136 e. The van der Waals surface area contributed by atoms with Crippen LogP contribution in [0.4, 0.5) is 4.39 Å². The quantitative estimate of drug-likeness (QED) is 0.712. The van der Waals surface area contributed by atoms with E-state index in [4.69, 9.17) is 15.4 Å². The summed E-state index contributed by atoms with van der Waals surface area (Å²) in [4.78, 5) is 0.718. The summed E-state index contributed by atoms with van der Waals surface area (Å²) in [6, 6.07) is 4.21. The van der Waals surface area contributed by atoms with E-state index >= 15 is 0 Å². The van der Waals surface area contributed by atoms with E-state index < -0.39 is 0 Å². The fourth-order valence-corrected chi connectivity index (χ4v) is 1.43. The molecule has 0 aliphatic heterocycles. The Morgan fingerprint density at radius 2 is 2.27 bits per heavy atom. The minimum Gasteiger partial charge on any atom is -0.495 e. The fraction of sp³-hybridized carbons (Fsp3) is 0.143. The minimum atomic E-state index is -0.323. The highest BCUT2D eigenvalue weighted by atomic mass is 35.7. The molecule has 0 saturated heterocycles. The Morgan fingerprint density at radius 3 is 2.82 bits per heavy atom. The lowest BCUT2D eigenvalue weighted by Gasteiger charge is -2.03. The molecular weight excluding hydrogens is 187 g/mol. The molecule has 4 heteroatoms. The van der Waals surface area contributed by atoms with Gasteiger partial charge in [-0.3, -0.25) is 0 Å². The maximum absolute atomic E-state index is 12.5. The van der Waals surface area contributed by atoms with Crippen molar-refractivity contribution in [1.29, 1.82) is 0 Å². The fourth-order valence-electron chi connectivity index (χ4n) is 0.705. The lowest BCUT2D eigenvalue weighted by molar-refractivity contribution is 0.401. The summed E-state index contributed by atoms with van der Waals surface area (Å²) in [5.41, 5.74) is 0. The third kappa shape index (κ3) is 2.01. The Bertz CT molecular complexity index is 254. The van der Waals surface area contributed by atoms with E-state index in [0.717, 1.165) is 15.9 Å². The zero-order valence-corrected chi connectivity index (χ0v) is 7.38. The summed E-state index contributed by atoms with van der Waals surface area (Å²) in [6.07, 6.45) is 0. The van der Waals surface area contributed by atoms with Crippen LogP contribution in [0, 0.1) is 5.82 Å². The monoisotopic (exact) mass is 192 g/mol. The number of hydrogen-bond acceptors (Lipinski definition) is 2. The van der Waals surface area contributed by atoms with Gasteiger partial charge in [0.15, 0.2) is 0 Å². The SMILES string of the molecule is COc1cc(F)ccc1SCl. The van der Waals surface area contributed by atoms with Crippen molar-refractivity contribution in [2.75, 3.05) is 7.11 Å². The minimum absolute atomic E-state index is 0.323. The van der Waals surface area contributed by atoms with Crippen LogP contribution in [0.15, 0.2) is 23.1 Å². The van der Waals surface area contributed by atoms with E-state index in [9.17, 15) is 4.39 Å². The molecule has 0 saturated carbocycles. The van der Waals surface area contributed by atoms with E-state index in [1.54, 1.807) is 6.07 Å². The Hall–Kier alpha value is -0.410. The molecule has 0 aromatic heterocycles. The van der Waals surface area contributed by atoms with E-state index in [1.807, 2.05) is 0 Å². The Kier molecular flexibility index (Phi) is 3.02. The van der Waals surface area contributed by atoms with Crippen molar-refractivity contribution in [3.05, 3.63) is 24.0 Å². The van der Waals surface area contributed by atoms with Gasteiger partial charge >= 0.3 is 0 Å². The van der Waals surface area contributed by atoms with Crippen LogP contribution in [0.25, 0.3) is 0 Å². The highest BCUT2D eigenvalue weighted by molar-refractivity contribution is 8.21. The van der Waals surface area contributed by atoms with Crippen molar-refractivity contribution in [3.63, 3.8) is 0 Å². The summed E-state index contributed by atoms with van der Waals surface area (Å²) in [5, 5.41) is 0. The molecule has 0 heterocycles. The van der Waals surface area contributed by atoms with Gasteiger partial charge in [0, 0.05) is 6.07 Å². The maximum atomic E-state index is 12.5.